The van der Waals surface area contributed by atoms with Crippen LogP contribution in [0, 0.1) is 5.92 Å². The topological polar surface area (TPSA) is 29.5 Å². The van der Waals surface area contributed by atoms with Crippen LogP contribution in [0.2, 0.25) is 0 Å². The SMILES string of the molecule is CCCN1C(C)CCC2C(OC(=O)c3ccccc3)CCCC21. The molecule has 1 aliphatic carbocycles. The van der Waals surface area contributed by atoms with E-state index in [0.717, 1.165) is 6.42 Å². The highest BCUT2D eigenvalue weighted by Crippen LogP contribution is 2.39. The minimum atomic E-state index is -0.156. The van der Waals surface area contributed by atoms with Gasteiger partial charge in [0, 0.05) is 18.0 Å². The zero-order chi connectivity index (χ0) is 16.2. The van der Waals surface area contributed by atoms with Crippen LogP contribution in [0.25, 0.3) is 0 Å². The standard InChI is InChI=1S/C20H29NO2/c1-3-14-21-15(2)12-13-17-18(21)10-7-11-19(17)23-20(22)16-8-5-4-6-9-16/h4-6,8-9,15,17-19H,3,7,10-14H2,1-2H3. The van der Waals surface area contributed by atoms with Crippen LogP contribution in [0.4, 0.5) is 0 Å². The Morgan fingerprint density at radius 2 is 1.96 bits per heavy atom. The van der Waals surface area contributed by atoms with Crippen molar-refractivity contribution in [2.24, 2.45) is 5.92 Å². The summed E-state index contributed by atoms with van der Waals surface area (Å²) in [6.07, 6.45) is 7.15. The van der Waals surface area contributed by atoms with E-state index in [4.69, 9.17) is 4.74 Å². The number of hydrogen-bond acceptors (Lipinski definition) is 3. The summed E-state index contributed by atoms with van der Waals surface area (Å²) in [6, 6.07) is 10.7. The maximum Gasteiger partial charge on any atom is 0.338 e. The van der Waals surface area contributed by atoms with Gasteiger partial charge in [-0.2, -0.15) is 0 Å². The number of carbonyl (C=O) groups is 1. The van der Waals surface area contributed by atoms with Crippen LogP contribution in [0.3, 0.4) is 0 Å². The van der Waals surface area contributed by atoms with Crippen molar-refractivity contribution in [1.29, 1.82) is 0 Å². The van der Waals surface area contributed by atoms with Gasteiger partial charge in [0.05, 0.1) is 5.56 Å². The quantitative estimate of drug-likeness (QED) is 0.777. The van der Waals surface area contributed by atoms with E-state index in [1.807, 2.05) is 30.3 Å². The van der Waals surface area contributed by atoms with Crippen molar-refractivity contribution in [3.63, 3.8) is 0 Å². The summed E-state index contributed by atoms with van der Waals surface area (Å²) >= 11 is 0. The lowest BCUT2D eigenvalue weighted by Gasteiger charge is -2.50. The molecule has 3 heteroatoms. The summed E-state index contributed by atoms with van der Waals surface area (Å²) < 4.78 is 5.94. The minimum absolute atomic E-state index is 0.0910. The molecule has 1 aliphatic heterocycles. The molecule has 0 radical (unpaired) electrons. The first kappa shape index (κ1) is 16.5. The number of benzene rings is 1. The van der Waals surface area contributed by atoms with E-state index in [-0.39, 0.29) is 12.1 Å². The van der Waals surface area contributed by atoms with E-state index in [2.05, 4.69) is 18.7 Å². The van der Waals surface area contributed by atoms with Crippen LogP contribution in [0.1, 0.15) is 62.7 Å². The van der Waals surface area contributed by atoms with Crippen LogP contribution >= 0.6 is 0 Å². The highest BCUT2D eigenvalue weighted by atomic mass is 16.5. The van der Waals surface area contributed by atoms with Crippen molar-refractivity contribution < 1.29 is 9.53 Å². The van der Waals surface area contributed by atoms with Gasteiger partial charge < -0.3 is 4.74 Å². The van der Waals surface area contributed by atoms with Gasteiger partial charge in [-0.05, 0) is 64.1 Å². The fourth-order valence-corrected chi connectivity index (χ4v) is 4.49. The second kappa shape index (κ2) is 7.48. The Morgan fingerprint density at radius 3 is 2.70 bits per heavy atom. The number of likely N-dealkylation sites (tertiary alicyclic amines) is 1. The summed E-state index contributed by atoms with van der Waals surface area (Å²) in [5.41, 5.74) is 0.671. The van der Waals surface area contributed by atoms with Gasteiger partial charge in [-0.25, -0.2) is 4.79 Å². The molecule has 1 aromatic carbocycles. The van der Waals surface area contributed by atoms with Crippen molar-refractivity contribution in [2.75, 3.05) is 6.54 Å². The van der Waals surface area contributed by atoms with Crippen molar-refractivity contribution in [3.05, 3.63) is 35.9 Å². The van der Waals surface area contributed by atoms with Crippen molar-refractivity contribution in [3.8, 4) is 0 Å². The van der Waals surface area contributed by atoms with E-state index >= 15 is 0 Å². The van der Waals surface area contributed by atoms with Gasteiger partial charge in [-0.15, -0.1) is 0 Å². The summed E-state index contributed by atoms with van der Waals surface area (Å²) in [5.74, 6) is 0.357. The average molecular weight is 315 g/mol. The van der Waals surface area contributed by atoms with Gasteiger partial charge >= 0.3 is 5.97 Å². The molecule has 0 amide bonds. The molecule has 4 unspecified atom stereocenters. The van der Waals surface area contributed by atoms with Gasteiger partial charge in [0.25, 0.3) is 0 Å². The summed E-state index contributed by atoms with van der Waals surface area (Å²) in [4.78, 5) is 15.1. The predicted molar refractivity (Wildman–Crippen MR) is 92.5 cm³/mol. The number of ether oxygens (including phenoxy) is 1. The monoisotopic (exact) mass is 315 g/mol. The molecular weight excluding hydrogens is 286 g/mol. The lowest BCUT2D eigenvalue weighted by atomic mass is 9.74. The van der Waals surface area contributed by atoms with Crippen LogP contribution in [0.15, 0.2) is 30.3 Å². The molecule has 2 fully saturated rings. The number of nitrogens with zero attached hydrogens (tertiary/aromatic N) is 1. The second-order valence-corrected chi connectivity index (χ2v) is 7.14. The first-order valence-corrected chi connectivity index (χ1v) is 9.22. The van der Waals surface area contributed by atoms with Gasteiger partial charge in [-0.3, -0.25) is 4.90 Å². The van der Waals surface area contributed by atoms with Crippen molar-refractivity contribution in [1.82, 2.24) is 4.90 Å². The van der Waals surface area contributed by atoms with Gasteiger partial charge in [0.1, 0.15) is 6.10 Å². The van der Waals surface area contributed by atoms with Gasteiger partial charge in [0.15, 0.2) is 0 Å². The van der Waals surface area contributed by atoms with E-state index < -0.39 is 0 Å². The molecule has 1 heterocycles. The van der Waals surface area contributed by atoms with E-state index in [9.17, 15) is 4.79 Å². The Kier molecular flexibility index (Phi) is 5.37. The first-order valence-electron chi connectivity index (χ1n) is 9.22. The summed E-state index contributed by atoms with van der Waals surface area (Å²) in [5, 5.41) is 0. The third-order valence-corrected chi connectivity index (χ3v) is 5.62. The molecule has 4 atom stereocenters. The van der Waals surface area contributed by atoms with Crippen LogP contribution in [0.5, 0.6) is 0 Å². The highest BCUT2D eigenvalue weighted by molar-refractivity contribution is 5.89. The fraction of sp³-hybridized carbons (Fsp3) is 0.650. The Labute approximate surface area is 140 Å². The average Bonchev–Trinajstić information content (AvgIpc) is 2.58. The molecule has 1 saturated heterocycles. The van der Waals surface area contributed by atoms with E-state index in [1.54, 1.807) is 0 Å². The normalized spacial score (nSPS) is 31.4. The zero-order valence-corrected chi connectivity index (χ0v) is 14.4. The molecule has 23 heavy (non-hydrogen) atoms. The number of hydrogen-bond donors (Lipinski definition) is 0. The Bertz CT molecular complexity index is 516. The van der Waals surface area contributed by atoms with E-state index in [1.165, 1.54) is 38.6 Å². The van der Waals surface area contributed by atoms with Gasteiger partial charge in [-0.1, -0.05) is 25.1 Å². The smallest absolute Gasteiger partial charge is 0.338 e. The number of rotatable bonds is 4. The molecule has 0 N–H and O–H groups in total. The minimum Gasteiger partial charge on any atom is -0.458 e. The third kappa shape index (κ3) is 3.60. The van der Waals surface area contributed by atoms with Gasteiger partial charge in [0.2, 0.25) is 0 Å². The first-order chi connectivity index (χ1) is 11.2. The summed E-state index contributed by atoms with van der Waals surface area (Å²) in [7, 11) is 0. The summed E-state index contributed by atoms with van der Waals surface area (Å²) in [6.45, 7) is 5.78. The maximum atomic E-state index is 12.4. The Morgan fingerprint density at radius 1 is 1.17 bits per heavy atom. The van der Waals surface area contributed by atoms with Crippen LogP contribution < -0.4 is 0 Å². The second-order valence-electron chi connectivity index (χ2n) is 7.14. The zero-order valence-electron chi connectivity index (χ0n) is 14.4. The molecule has 1 aromatic rings. The Hall–Kier alpha value is -1.35. The Balaban J connectivity index is 1.70. The molecule has 0 bridgehead atoms. The molecule has 126 valence electrons. The number of carbonyl (C=O) groups excluding carboxylic acids is 1. The number of esters is 1. The molecular formula is C20H29NO2. The molecule has 0 aromatic heterocycles. The fourth-order valence-electron chi connectivity index (χ4n) is 4.49. The molecule has 2 aliphatic rings. The lowest BCUT2D eigenvalue weighted by molar-refractivity contribution is -0.0598. The van der Waals surface area contributed by atoms with E-state index in [0.29, 0.717) is 23.6 Å². The largest absolute Gasteiger partial charge is 0.458 e. The van der Waals surface area contributed by atoms with Crippen LogP contribution in [-0.2, 0) is 4.74 Å². The molecule has 3 nitrogen and oxygen atoms in total. The lowest BCUT2D eigenvalue weighted by Crippen LogP contribution is -2.55. The number of fused-ring (bicyclic) bond motifs is 1. The van der Waals surface area contributed by atoms with Crippen molar-refractivity contribution >= 4 is 5.97 Å². The molecule has 3 rings (SSSR count). The third-order valence-electron chi connectivity index (χ3n) is 5.62. The molecule has 1 saturated carbocycles. The molecule has 0 spiro atoms. The highest BCUT2D eigenvalue weighted by Gasteiger charge is 2.42. The number of piperidine rings is 1. The maximum absolute atomic E-state index is 12.4. The van der Waals surface area contributed by atoms with Crippen LogP contribution in [-0.4, -0.2) is 35.6 Å². The van der Waals surface area contributed by atoms with Crippen molar-refractivity contribution in [2.45, 2.75) is 70.6 Å². The predicted octanol–water partition coefficient (Wildman–Crippen LogP) is 4.28.